The molecule has 23 heavy (non-hydrogen) atoms. The van der Waals surface area contributed by atoms with Crippen LogP contribution in [0.15, 0.2) is 18.2 Å². The van der Waals surface area contributed by atoms with E-state index in [4.69, 9.17) is 9.47 Å². The molecule has 0 unspecified atom stereocenters. The summed E-state index contributed by atoms with van der Waals surface area (Å²) in [5.41, 5.74) is 3.11. The Hall–Kier alpha value is -2.32. The molecule has 0 aromatic heterocycles. The molecule has 2 heterocycles. The van der Waals surface area contributed by atoms with Crippen molar-refractivity contribution in [1.29, 1.82) is 0 Å². The number of hydrazine groups is 1. The van der Waals surface area contributed by atoms with Crippen molar-refractivity contribution in [2.45, 2.75) is 0 Å². The molecule has 1 saturated heterocycles. The zero-order valence-corrected chi connectivity index (χ0v) is 13.0. The first-order valence-corrected chi connectivity index (χ1v) is 7.57. The molecular weight excluding hydrogens is 300 g/mol. The van der Waals surface area contributed by atoms with E-state index >= 15 is 0 Å². The number of likely N-dealkylation sites (N-methyl/N-ethyl adjacent to an activating group) is 1. The number of hydrogen-bond donors (Lipinski definition) is 2. The molecule has 8 nitrogen and oxygen atoms in total. The van der Waals surface area contributed by atoms with Crippen molar-refractivity contribution in [3.63, 3.8) is 0 Å². The quantitative estimate of drug-likeness (QED) is 0.727. The average Bonchev–Trinajstić information content (AvgIpc) is 2.56. The number of nitrogens with zero attached hydrogens (tertiary/aromatic N) is 2. The van der Waals surface area contributed by atoms with Gasteiger partial charge in [-0.1, -0.05) is 0 Å². The lowest BCUT2D eigenvalue weighted by Gasteiger charge is -2.32. The van der Waals surface area contributed by atoms with E-state index in [2.05, 4.69) is 15.6 Å². The topological polar surface area (TPSA) is 83.1 Å². The number of rotatable bonds is 2. The zero-order valence-electron chi connectivity index (χ0n) is 13.0. The maximum Gasteiger partial charge on any atom is 0.323 e. The summed E-state index contributed by atoms with van der Waals surface area (Å²) in [7, 11) is 2.02. The largest absolute Gasteiger partial charge is 0.486 e. The van der Waals surface area contributed by atoms with E-state index in [1.165, 1.54) is 0 Å². The predicted octanol–water partition coefficient (Wildman–Crippen LogP) is -0.325. The third kappa shape index (κ3) is 3.91. The molecule has 1 aromatic carbocycles. The summed E-state index contributed by atoms with van der Waals surface area (Å²) in [6.07, 6.45) is 0. The summed E-state index contributed by atoms with van der Waals surface area (Å²) in [5.74, 6) is -0.185. The summed E-state index contributed by atoms with van der Waals surface area (Å²) in [6.45, 7) is 4.06. The van der Waals surface area contributed by atoms with Gasteiger partial charge in [-0.3, -0.25) is 15.0 Å². The minimum atomic E-state index is -0.708. The summed E-state index contributed by atoms with van der Waals surface area (Å²) >= 11 is 0. The van der Waals surface area contributed by atoms with Crippen LogP contribution in [0.4, 0.5) is 5.69 Å². The van der Waals surface area contributed by atoms with Gasteiger partial charge in [-0.25, -0.2) is 5.01 Å². The van der Waals surface area contributed by atoms with E-state index in [-0.39, 0.29) is 0 Å². The molecule has 2 N–H and O–H groups in total. The Morgan fingerprint density at radius 2 is 1.70 bits per heavy atom. The minimum Gasteiger partial charge on any atom is -0.486 e. The van der Waals surface area contributed by atoms with Crippen LogP contribution in [0.5, 0.6) is 11.5 Å². The Labute approximate surface area is 134 Å². The predicted molar refractivity (Wildman–Crippen MR) is 83.3 cm³/mol. The van der Waals surface area contributed by atoms with Crippen LogP contribution in [0.2, 0.25) is 0 Å². The lowest BCUT2D eigenvalue weighted by atomic mass is 10.2. The summed E-state index contributed by atoms with van der Waals surface area (Å²) in [5, 5.41) is 4.32. The molecule has 2 aliphatic rings. The molecule has 8 heteroatoms. The van der Waals surface area contributed by atoms with E-state index in [1.807, 2.05) is 7.05 Å². The molecule has 2 aliphatic heterocycles. The highest BCUT2D eigenvalue weighted by molar-refractivity contribution is 6.39. The molecule has 124 valence electrons. The van der Waals surface area contributed by atoms with Gasteiger partial charge in [-0.05, 0) is 19.2 Å². The second kappa shape index (κ2) is 6.84. The van der Waals surface area contributed by atoms with E-state index in [0.717, 1.165) is 13.1 Å². The first-order chi connectivity index (χ1) is 11.1. The average molecular weight is 320 g/mol. The Balaban J connectivity index is 1.55. The Morgan fingerprint density at radius 1 is 1.00 bits per heavy atom. The van der Waals surface area contributed by atoms with E-state index < -0.39 is 11.8 Å². The zero-order chi connectivity index (χ0) is 16.2. The molecule has 0 aliphatic carbocycles. The SMILES string of the molecule is CN1CCN(NC(=O)C(=O)Nc2ccc3c(c2)OCCO3)CC1. The van der Waals surface area contributed by atoms with Crippen LogP contribution >= 0.6 is 0 Å². The second-order valence-electron chi connectivity index (χ2n) is 5.54. The Morgan fingerprint density at radius 3 is 2.43 bits per heavy atom. The lowest BCUT2D eigenvalue weighted by Crippen LogP contribution is -2.54. The summed E-state index contributed by atoms with van der Waals surface area (Å²) in [6, 6.07) is 5.03. The van der Waals surface area contributed by atoms with Gasteiger partial charge in [0.05, 0.1) is 0 Å². The van der Waals surface area contributed by atoms with Gasteiger partial charge >= 0.3 is 11.8 Å². The fraction of sp³-hybridized carbons (Fsp3) is 0.467. The van der Waals surface area contributed by atoms with Crippen LogP contribution in [-0.2, 0) is 9.59 Å². The van der Waals surface area contributed by atoms with Gasteiger partial charge in [0.1, 0.15) is 13.2 Å². The minimum absolute atomic E-state index is 0.467. The number of amides is 2. The molecule has 0 bridgehead atoms. The number of anilines is 1. The third-order valence-corrected chi connectivity index (χ3v) is 3.77. The number of nitrogens with one attached hydrogen (secondary N) is 2. The number of hydrogen-bond acceptors (Lipinski definition) is 6. The van der Waals surface area contributed by atoms with Crippen molar-refractivity contribution in [2.24, 2.45) is 0 Å². The molecule has 1 aromatic rings. The van der Waals surface area contributed by atoms with E-state index in [9.17, 15) is 9.59 Å². The van der Waals surface area contributed by atoms with Crippen molar-refractivity contribution in [3.8, 4) is 11.5 Å². The second-order valence-corrected chi connectivity index (χ2v) is 5.54. The van der Waals surface area contributed by atoms with Crippen molar-refractivity contribution in [1.82, 2.24) is 15.3 Å². The normalized spacial score (nSPS) is 18.3. The highest BCUT2D eigenvalue weighted by Gasteiger charge is 2.21. The fourth-order valence-electron chi connectivity index (χ4n) is 2.42. The number of fused-ring (bicyclic) bond motifs is 1. The van der Waals surface area contributed by atoms with Crippen LogP contribution in [0.3, 0.4) is 0 Å². The molecule has 0 radical (unpaired) electrons. The summed E-state index contributed by atoms with van der Waals surface area (Å²) in [4.78, 5) is 26.1. The molecular formula is C15H20N4O4. The highest BCUT2D eigenvalue weighted by Crippen LogP contribution is 2.32. The first kappa shape index (κ1) is 15.6. The van der Waals surface area contributed by atoms with Crippen molar-refractivity contribution in [3.05, 3.63) is 18.2 Å². The van der Waals surface area contributed by atoms with Gasteiger partial charge in [0.25, 0.3) is 0 Å². The molecule has 2 amide bonds. The molecule has 0 atom stereocenters. The Kier molecular flexibility index (Phi) is 4.63. The maximum atomic E-state index is 12.0. The highest BCUT2D eigenvalue weighted by atomic mass is 16.6. The van der Waals surface area contributed by atoms with Gasteiger partial charge in [0, 0.05) is 37.9 Å². The van der Waals surface area contributed by atoms with Crippen LogP contribution < -0.4 is 20.2 Å². The standard InChI is InChI=1S/C15H20N4O4/c1-18-4-6-19(7-5-18)17-15(21)14(20)16-11-2-3-12-13(10-11)23-9-8-22-12/h2-3,10H,4-9H2,1H3,(H,16,20)(H,17,21). The van der Waals surface area contributed by atoms with Gasteiger partial charge in [-0.2, -0.15) is 0 Å². The van der Waals surface area contributed by atoms with Crippen molar-refractivity contribution >= 4 is 17.5 Å². The molecule has 0 spiro atoms. The number of carbonyl (C=O) groups excluding carboxylic acids is 2. The van der Waals surface area contributed by atoms with Crippen LogP contribution in [-0.4, -0.2) is 68.2 Å². The van der Waals surface area contributed by atoms with Gasteiger partial charge in [-0.15, -0.1) is 0 Å². The monoisotopic (exact) mass is 320 g/mol. The van der Waals surface area contributed by atoms with Gasteiger partial charge < -0.3 is 19.7 Å². The van der Waals surface area contributed by atoms with Crippen LogP contribution in [0.1, 0.15) is 0 Å². The Bertz CT molecular complexity index is 599. The van der Waals surface area contributed by atoms with Crippen LogP contribution in [0.25, 0.3) is 0 Å². The number of benzene rings is 1. The summed E-state index contributed by atoms with van der Waals surface area (Å²) < 4.78 is 10.9. The third-order valence-electron chi connectivity index (χ3n) is 3.77. The van der Waals surface area contributed by atoms with E-state index in [0.29, 0.717) is 43.5 Å². The smallest absolute Gasteiger partial charge is 0.323 e. The lowest BCUT2D eigenvalue weighted by molar-refractivity contribution is -0.139. The molecule has 3 rings (SSSR count). The number of piperazine rings is 1. The van der Waals surface area contributed by atoms with Gasteiger partial charge in [0.2, 0.25) is 0 Å². The fourth-order valence-corrected chi connectivity index (χ4v) is 2.42. The van der Waals surface area contributed by atoms with E-state index in [1.54, 1.807) is 23.2 Å². The first-order valence-electron chi connectivity index (χ1n) is 7.57. The molecule has 1 fully saturated rings. The van der Waals surface area contributed by atoms with Gasteiger partial charge in [0.15, 0.2) is 11.5 Å². The van der Waals surface area contributed by atoms with Crippen molar-refractivity contribution in [2.75, 3.05) is 51.8 Å². The number of ether oxygens (including phenoxy) is 2. The van der Waals surface area contributed by atoms with Crippen molar-refractivity contribution < 1.29 is 19.1 Å². The number of carbonyl (C=O) groups is 2. The molecule has 0 saturated carbocycles. The maximum absolute atomic E-state index is 12.0. The van der Waals surface area contributed by atoms with Crippen LogP contribution in [0, 0.1) is 0 Å².